The second kappa shape index (κ2) is 9.78. The van der Waals surface area contributed by atoms with Crippen molar-refractivity contribution in [3.8, 4) is 11.8 Å². The van der Waals surface area contributed by atoms with E-state index in [4.69, 9.17) is 0 Å². The van der Waals surface area contributed by atoms with Gasteiger partial charge in [-0.15, -0.1) is 11.3 Å². The van der Waals surface area contributed by atoms with Crippen LogP contribution in [0.2, 0.25) is 0 Å². The minimum atomic E-state index is -4.41. The molecular formula is C19H17F3N2O2S. The van der Waals surface area contributed by atoms with Gasteiger partial charge in [-0.05, 0) is 36.1 Å². The summed E-state index contributed by atoms with van der Waals surface area (Å²) in [6.07, 6.45) is -3.72. The highest BCUT2D eigenvalue weighted by molar-refractivity contribution is 7.12. The molecule has 142 valence electrons. The van der Waals surface area contributed by atoms with E-state index < -0.39 is 11.7 Å². The van der Waals surface area contributed by atoms with Crippen molar-refractivity contribution in [3.05, 3.63) is 57.8 Å². The molecule has 0 atom stereocenters. The number of carbonyl (C=O) groups excluding carboxylic acids is 2. The first kappa shape index (κ1) is 20.5. The number of hydrogen-bond donors (Lipinski definition) is 2. The van der Waals surface area contributed by atoms with Crippen LogP contribution in [0.25, 0.3) is 0 Å². The molecule has 2 aromatic rings. The third-order valence-electron chi connectivity index (χ3n) is 3.41. The van der Waals surface area contributed by atoms with Crippen LogP contribution >= 0.6 is 11.3 Å². The van der Waals surface area contributed by atoms with E-state index in [0.717, 1.165) is 12.1 Å². The Bertz CT molecular complexity index is 837. The van der Waals surface area contributed by atoms with Crippen LogP contribution in [0.4, 0.5) is 13.2 Å². The number of rotatable bonds is 6. The van der Waals surface area contributed by atoms with Crippen LogP contribution in [0.3, 0.4) is 0 Å². The van der Waals surface area contributed by atoms with Gasteiger partial charge in [0.1, 0.15) is 0 Å². The molecule has 2 rings (SSSR count). The molecule has 0 radical (unpaired) electrons. The molecule has 0 aliphatic rings. The topological polar surface area (TPSA) is 58.2 Å². The highest BCUT2D eigenvalue weighted by atomic mass is 32.1. The van der Waals surface area contributed by atoms with Gasteiger partial charge in [0.2, 0.25) is 5.91 Å². The van der Waals surface area contributed by atoms with Crippen molar-refractivity contribution in [2.24, 2.45) is 0 Å². The van der Waals surface area contributed by atoms with E-state index >= 15 is 0 Å². The van der Waals surface area contributed by atoms with Gasteiger partial charge < -0.3 is 10.6 Å². The second-order valence-corrected chi connectivity index (χ2v) is 6.44. The van der Waals surface area contributed by atoms with Crippen LogP contribution in [-0.2, 0) is 11.0 Å². The molecule has 4 nitrogen and oxygen atoms in total. The average molecular weight is 394 g/mol. The molecule has 27 heavy (non-hydrogen) atoms. The zero-order valence-corrected chi connectivity index (χ0v) is 15.0. The van der Waals surface area contributed by atoms with Crippen LogP contribution in [-0.4, -0.2) is 24.9 Å². The van der Waals surface area contributed by atoms with Crippen LogP contribution in [0.5, 0.6) is 0 Å². The highest BCUT2D eigenvalue weighted by Crippen LogP contribution is 2.29. The summed E-state index contributed by atoms with van der Waals surface area (Å²) in [6.45, 7) is 0.413. The van der Waals surface area contributed by atoms with Crippen LogP contribution < -0.4 is 10.6 Å². The van der Waals surface area contributed by atoms with E-state index in [1.54, 1.807) is 12.1 Å². The Morgan fingerprint density at radius 1 is 1.11 bits per heavy atom. The van der Waals surface area contributed by atoms with E-state index in [1.165, 1.54) is 23.5 Å². The van der Waals surface area contributed by atoms with Crippen LogP contribution in [0, 0.1) is 11.8 Å². The Labute approximate surface area is 158 Å². The summed E-state index contributed by atoms with van der Waals surface area (Å²) in [5.74, 6) is 4.80. The molecule has 1 aromatic carbocycles. The molecule has 2 amide bonds. The Hall–Kier alpha value is -2.79. The van der Waals surface area contributed by atoms with Gasteiger partial charge in [0.15, 0.2) is 0 Å². The molecule has 0 saturated carbocycles. The monoisotopic (exact) mass is 394 g/mol. The zero-order valence-electron chi connectivity index (χ0n) is 14.2. The lowest BCUT2D eigenvalue weighted by atomic mass is 10.1. The third kappa shape index (κ3) is 7.15. The van der Waals surface area contributed by atoms with Crippen molar-refractivity contribution in [1.29, 1.82) is 0 Å². The lowest BCUT2D eigenvalue weighted by Crippen LogP contribution is -2.27. The summed E-state index contributed by atoms with van der Waals surface area (Å²) in [4.78, 5) is 24.0. The molecule has 1 aromatic heterocycles. The van der Waals surface area contributed by atoms with Crippen molar-refractivity contribution in [1.82, 2.24) is 10.6 Å². The normalized spacial score (nSPS) is 10.6. The lowest BCUT2D eigenvalue weighted by Gasteiger charge is -2.05. The van der Waals surface area contributed by atoms with Crippen molar-refractivity contribution in [2.45, 2.75) is 19.0 Å². The Balaban J connectivity index is 1.67. The van der Waals surface area contributed by atoms with E-state index in [2.05, 4.69) is 22.5 Å². The number of thiophene rings is 1. The molecule has 0 aliphatic carbocycles. The number of benzene rings is 1. The van der Waals surface area contributed by atoms with Crippen molar-refractivity contribution < 1.29 is 22.8 Å². The van der Waals surface area contributed by atoms with Gasteiger partial charge in [-0.2, -0.15) is 13.2 Å². The van der Waals surface area contributed by atoms with Gasteiger partial charge in [-0.3, -0.25) is 9.59 Å². The van der Waals surface area contributed by atoms with Crippen molar-refractivity contribution in [3.63, 3.8) is 0 Å². The van der Waals surface area contributed by atoms with Gasteiger partial charge in [-0.1, -0.05) is 24.0 Å². The number of carbonyl (C=O) groups is 2. The summed E-state index contributed by atoms with van der Waals surface area (Å²) in [6, 6.07) is 8.20. The Morgan fingerprint density at radius 3 is 2.63 bits per heavy atom. The van der Waals surface area contributed by atoms with E-state index in [-0.39, 0.29) is 30.3 Å². The average Bonchev–Trinajstić information content (AvgIpc) is 3.16. The fourth-order valence-corrected chi connectivity index (χ4v) is 2.74. The number of amides is 2. The Morgan fingerprint density at radius 2 is 1.93 bits per heavy atom. The van der Waals surface area contributed by atoms with Gasteiger partial charge in [0.05, 0.1) is 17.0 Å². The lowest BCUT2D eigenvalue weighted by molar-refractivity contribution is -0.137. The predicted octanol–water partition coefficient (Wildman–Crippen LogP) is 3.44. The minimum absolute atomic E-state index is 0.0383. The zero-order chi connectivity index (χ0) is 19.7. The molecule has 1 heterocycles. The van der Waals surface area contributed by atoms with Gasteiger partial charge in [-0.25, -0.2) is 0 Å². The number of alkyl halides is 3. The predicted molar refractivity (Wildman–Crippen MR) is 97.2 cm³/mol. The fourth-order valence-electron chi connectivity index (χ4n) is 2.10. The maximum absolute atomic E-state index is 12.6. The second-order valence-electron chi connectivity index (χ2n) is 5.49. The molecule has 0 bridgehead atoms. The first-order chi connectivity index (χ1) is 12.9. The quantitative estimate of drug-likeness (QED) is 0.583. The molecule has 0 spiro atoms. The van der Waals surface area contributed by atoms with Crippen LogP contribution in [0.15, 0.2) is 41.8 Å². The molecule has 8 heteroatoms. The summed E-state index contributed by atoms with van der Waals surface area (Å²) in [7, 11) is 0. The summed E-state index contributed by atoms with van der Waals surface area (Å²) < 4.78 is 37.8. The number of halogens is 3. The fraction of sp³-hybridized carbons (Fsp3) is 0.263. The van der Waals surface area contributed by atoms with Gasteiger partial charge >= 0.3 is 6.18 Å². The first-order valence-electron chi connectivity index (χ1n) is 8.11. The molecule has 0 fully saturated rings. The summed E-state index contributed by atoms with van der Waals surface area (Å²) >= 11 is 1.34. The number of nitrogens with one attached hydrogen (secondary N) is 2. The molecule has 0 unspecified atom stereocenters. The van der Waals surface area contributed by atoms with Crippen molar-refractivity contribution >= 4 is 23.2 Å². The summed E-state index contributed by atoms with van der Waals surface area (Å²) in [5.41, 5.74) is -0.529. The minimum Gasteiger partial charge on any atom is -0.351 e. The van der Waals surface area contributed by atoms with E-state index in [0.29, 0.717) is 17.8 Å². The maximum atomic E-state index is 12.6. The highest BCUT2D eigenvalue weighted by Gasteiger charge is 2.30. The van der Waals surface area contributed by atoms with E-state index in [9.17, 15) is 22.8 Å². The van der Waals surface area contributed by atoms with Crippen molar-refractivity contribution in [2.75, 3.05) is 13.1 Å². The molecule has 0 saturated heterocycles. The maximum Gasteiger partial charge on any atom is 0.416 e. The molecule has 0 aliphatic heterocycles. The standard InChI is InChI=1S/C19H17F3N2O2S/c20-19(21,22)15-7-1-5-14(13-15)6-2-10-23-17(25)9-3-11-24-18(26)16-8-4-12-27-16/h1,4-5,7-8,12-13H,3,9-11H2,(H,23,25)(H,24,26). The first-order valence-corrected chi connectivity index (χ1v) is 8.99. The smallest absolute Gasteiger partial charge is 0.351 e. The van der Waals surface area contributed by atoms with Crippen LogP contribution in [0.1, 0.15) is 33.6 Å². The summed E-state index contributed by atoms with van der Waals surface area (Å²) in [5, 5.41) is 7.09. The molecule has 2 N–H and O–H groups in total. The third-order valence-corrected chi connectivity index (χ3v) is 4.28. The van der Waals surface area contributed by atoms with Gasteiger partial charge in [0.25, 0.3) is 5.91 Å². The van der Waals surface area contributed by atoms with E-state index in [1.807, 2.05) is 5.38 Å². The largest absolute Gasteiger partial charge is 0.416 e. The Kier molecular flexibility index (Phi) is 7.44. The molecular weight excluding hydrogens is 377 g/mol. The van der Waals surface area contributed by atoms with Gasteiger partial charge in [0, 0.05) is 18.5 Å². The SMILES string of the molecule is O=C(CCCNC(=O)c1cccs1)NCC#Cc1cccc(C(F)(F)F)c1. The number of hydrogen-bond acceptors (Lipinski definition) is 3.